The Morgan fingerprint density at radius 2 is 2.00 bits per heavy atom. The minimum absolute atomic E-state index is 0.0129. The highest BCUT2D eigenvalue weighted by atomic mass is 16.2. The SMILES string of the molecule is Cc1cc(C)n(-c2ccc(CNC(=O)N3CC[C@H](c4ccccc4)C3)cn2)n1. The molecule has 3 heterocycles. The Morgan fingerprint density at radius 3 is 2.68 bits per heavy atom. The fraction of sp³-hybridized carbons (Fsp3) is 0.318. The van der Waals surface area contributed by atoms with Gasteiger partial charge in [-0.05, 0) is 43.5 Å². The van der Waals surface area contributed by atoms with Crippen molar-refractivity contribution >= 4 is 6.03 Å². The van der Waals surface area contributed by atoms with Crippen LogP contribution < -0.4 is 5.32 Å². The normalized spacial score (nSPS) is 16.4. The van der Waals surface area contributed by atoms with E-state index in [1.54, 1.807) is 6.20 Å². The lowest BCUT2D eigenvalue weighted by Crippen LogP contribution is -2.38. The zero-order chi connectivity index (χ0) is 19.5. The number of benzene rings is 1. The van der Waals surface area contributed by atoms with Crippen molar-refractivity contribution in [3.8, 4) is 5.82 Å². The summed E-state index contributed by atoms with van der Waals surface area (Å²) in [6.45, 7) is 6.00. The minimum Gasteiger partial charge on any atom is -0.334 e. The number of carbonyl (C=O) groups excluding carboxylic acids is 1. The van der Waals surface area contributed by atoms with Crippen LogP contribution in [-0.2, 0) is 6.54 Å². The molecule has 2 amide bonds. The molecule has 1 aliphatic rings. The first-order chi connectivity index (χ1) is 13.6. The molecule has 6 nitrogen and oxygen atoms in total. The number of aromatic nitrogens is 3. The first kappa shape index (κ1) is 18.2. The quantitative estimate of drug-likeness (QED) is 0.758. The van der Waals surface area contributed by atoms with Gasteiger partial charge in [0.15, 0.2) is 5.82 Å². The lowest BCUT2D eigenvalue weighted by atomic mass is 9.99. The van der Waals surface area contributed by atoms with Crippen molar-refractivity contribution in [2.45, 2.75) is 32.7 Å². The van der Waals surface area contributed by atoms with Crippen LogP contribution in [0.4, 0.5) is 4.79 Å². The second kappa shape index (κ2) is 7.84. The van der Waals surface area contributed by atoms with Gasteiger partial charge < -0.3 is 10.2 Å². The molecule has 0 saturated carbocycles. The number of nitrogens with one attached hydrogen (secondary N) is 1. The molecule has 0 unspecified atom stereocenters. The molecule has 0 bridgehead atoms. The van der Waals surface area contributed by atoms with Crippen molar-refractivity contribution in [2.75, 3.05) is 13.1 Å². The Hall–Kier alpha value is -3.15. The van der Waals surface area contributed by atoms with Crippen LogP contribution in [0.3, 0.4) is 0 Å². The first-order valence-electron chi connectivity index (χ1n) is 9.66. The fourth-order valence-electron chi connectivity index (χ4n) is 3.74. The van der Waals surface area contributed by atoms with Gasteiger partial charge in [0.25, 0.3) is 0 Å². The molecule has 0 radical (unpaired) electrons. The van der Waals surface area contributed by atoms with Crippen LogP contribution in [0.1, 0.15) is 34.9 Å². The number of rotatable bonds is 4. The zero-order valence-corrected chi connectivity index (χ0v) is 16.3. The predicted octanol–water partition coefficient (Wildman–Crippen LogP) is 3.58. The molecule has 1 aromatic carbocycles. The molecule has 2 aromatic heterocycles. The molecule has 1 saturated heterocycles. The average Bonchev–Trinajstić information content (AvgIpc) is 3.34. The van der Waals surface area contributed by atoms with E-state index in [4.69, 9.17) is 0 Å². The van der Waals surface area contributed by atoms with Crippen LogP contribution in [0, 0.1) is 13.8 Å². The van der Waals surface area contributed by atoms with E-state index in [1.807, 2.05) is 47.7 Å². The number of hydrogen-bond acceptors (Lipinski definition) is 3. The summed E-state index contributed by atoms with van der Waals surface area (Å²) < 4.78 is 1.83. The second-order valence-electron chi connectivity index (χ2n) is 7.36. The van der Waals surface area contributed by atoms with Gasteiger partial charge in [-0.3, -0.25) is 0 Å². The van der Waals surface area contributed by atoms with Gasteiger partial charge in [-0.15, -0.1) is 0 Å². The van der Waals surface area contributed by atoms with Gasteiger partial charge in [0.1, 0.15) is 0 Å². The van der Waals surface area contributed by atoms with Crippen LogP contribution in [0.2, 0.25) is 0 Å². The summed E-state index contributed by atoms with van der Waals surface area (Å²) in [7, 11) is 0. The van der Waals surface area contributed by atoms with Crippen LogP contribution in [-0.4, -0.2) is 38.8 Å². The summed E-state index contributed by atoms with van der Waals surface area (Å²) >= 11 is 0. The number of carbonyl (C=O) groups is 1. The summed E-state index contributed by atoms with van der Waals surface area (Å²) in [5.74, 6) is 1.21. The summed E-state index contributed by atoms with van der Waals surface area (Å²) in [5.41, 5.74) is 4.29. The van der Waals surface area contributed by atoms with E-state index in [9.17, 15) is 4.79 Å². The molecule has 144 valence electrons. The van der Waals surface area contributed by atoms with E-state index in [-0.39, 0.29) is 6.03 Å². The largest absolute Gasteiger partial charge is 0.334 e. The zero-order valence-electron chi connectivity index (χ0n) is 16.3. The van der Waals surface area contributed by atoms with Crippen molar-refractivity contribution in [1.82, 2.24) is 25.0 Å². The Bertz CT molecular complexity index is 949. The standard InChI is InChI=1S/C22H25N5O/c1-16-12-17(2)27(25-16)21-9-8-18(13-23-21)14-24-22(28)26-11-10-20(15-26)19-6-4-3-5-7-19/h3-9,12-13,20H,10-11,14-15H2,1-2H3,(H,24,28)/t20-/m0/s1. The van der Waals surface area contributed by atoms with Crippen molar-refractivity contribution < 1.29 is 4.79 Å². The fourth-order valence-corrected chi connectivity index (χ4v) is 3.74. The lowest BCUT2D eigenvalue weighted by Gasteiger charge is -2.17. The van der Waals surface area contributed by atoms with Crippen LogP contribution in [0.5, 0.6) is 0 Å². The van der Waals surface area contributed by atoms with Gasteiger partial charge in [0.2, 0.25) is 0 Å². The van der Waals surface area contributed by atoms with Crippen LogP contribution in [0.15, 0.2) is 54.7 Å². The van der Waals surface area contributed by atoms with Crippen LogP contribution in [0.25, 0.3) is 5.82 Å². The first-order valence-corrected chi connectivity index (χ1v) is 9.66. The minimum atomic E-state index is -0.0129. The van der Waals surface area contributed by atoms with E-state index in [0.717, 1.165) is 42.3 Å². The number of aryl methyl sites for hydroxylation is 2. The maximum absolute atomic E-state index is 12.5. The van der Waals surface area contributed by atoms with E-state index in [1.165, 1.54) is 5.56 Å². The second-order valence-corrected chi connectivity index (χ2v) is 7.36. The number of pyridine rings is 1. The van der Waals surface area contributed by atoms with E-state index in [0.29, 0.717) is 12.5 Å². The summed E-state index contributed by atoms with van der Waals surface area (Å²) in [5, 5.41) is 7.46. The van der Waals surface area contributed by atoms with Crippen molar-refractivity contribution in [2.24, 2.45) is 0 Å². The number of urea groups is 1. The van der Waals surface area contributed by atoms with Crippen molar-refractivity contribution in [3.05, 3.63) is 77.2 Å². The summed E-state index contributed by atoms with van der Waals surface area (Å²) in [4.78, 5) is 18.9. The number of hydrogen-bond donors (Lipinski definition) is 1. The number of likely N-dealkylation sites (tertiary alicyclic amines) is 1. The Labute approximate surface area is 165 Å². The van der Waals surface area contributed by atoms with Gasteiger partial charge in [-0.2, -0.15) is 5.10 Å². The molecule has 1 fully saturated rings. The highest BCUT2D eigenvalue weighted by Crippen LogP contribution is 2.26. The molecule has 3 aromatic rings. The summed E-state index contributed by atoms with van der Waals surface area (Å²) in [6.07, 6.45) is 2.80. The topological polar surface area (TPSA) is 63.1 Å². The molecule has 6 heteroatoms. The predicted molar refractivity (Wildman–Crippen MR) is 108 cm³/mol. The van der Waals surface area contributed by atoms with Gasteiger partial charge in [0, 0.05) is 37.4 Å². The monoisotopic (exact) mass is 375 g/mol. The third-order valence-corrected chi connectivity index (χ3v) is 5.23. The number of amides is 2. The Kier molecular flexibility index (Phi) is 5.10. The van der Waals surface area contributed by atoms with E-state index >= 15 is 0 Å². The molecular weight excluding hydrogens is 350 g/mol. The van der Waals surface area contributed by atoms with Gasteiger partial charge in [-0.1, -0.05) is 36.4 Å². The van der Waals surface area contributed by atoms with Gasteiger partial charge in [0.05, 0.1) is 5.69 Å². The molecule has 1 aliphatic heterocycles. The maximum Gasteiger partial charge on any atom is 0.317 e. The molecule has 28 heavy (non-hydrogen) atoms. The molecule has 4 rings (SSSR count). The third kappa shape index (κ3) is 3.91. The molecule has 0 spiro atoms. The highest BCUT2D eigenvalue weighted by molar-refractivity contribution is 5.74. The van der Waals surface area contributed by atoms with E-state index < -0.39 is 0 Å². The summed E-state index contributed by atoms with van der Waals surface area (Å²) in [6, 6.07) is 16.3. The van der Waals surface area contributed by atoms with Crippen LogP contribution >= 0.6 is 0 Å². The Balaban J connectivity index is 1.32. The van der Waals surface area contributed by atoms with Crippen molar-refractivity contribution in [3.63, 3.8) is 0 Å². The number of nitrogens with zero attached hydrogens (tertiary/aromatic N) is 4. The molecular formula is C22H25N5O. The van der Waals surface area contributed by atoms with Gasteiger partial charge in [-0.25, -0.2) is 14.5 Å². The highest BCUT2D eigenvalue weighted by Gasteiger charge is 2.26. The maximum atomic E-state index is 12.5. The Morgan fingerprint density at radius 1 is 1.18 bits per heavy atom. The third-order valence-electron chi connectivity index (χ3n) is 5.23. The van der Waals surface area contributed by atoms with Crippen molar-refractivity contribution in [1.29, 1.82) is 0 Å². The van der Waals surface area contributed by atoms with E-state index in [2.05, 4.69) is 39.7 Å². The molecule has 1 atom stereocenters. The molecule has 1 N–H and O–H groups in total. The smallest absolute Gasteiger partial charge is 0.317 e. The van der Waals surface area contributed by atoms with Gasteiger partial charge >= 0.3 is 6.03 Å². The molecule has 0 aliphatic carbocycles. The average molecular weight is 375 g/mol. The lowest BCUT2D eigenvalue weighted by molar-refractivity contribution is 0.208.